The van der Waals surface area contributed by atoms with Crippen LogP contribution in [0.2, 0.25) is 0 Å². The molecule has 5 rings (SSSR count). The summed E-state index contributed by atoms with van der Waals surface area (Å²) < 4.78 is 12.8. The standard InChI is InChI=1S/C25H26N4O5/c1-15(16-6-9-20-21(13-16)34-12-11-33-20)26-23(30)24(31)27-17-7-8-19-18(14-17)25(32)29-10-4-2-3-5-22(29)28-19/h6-9,13-15H,2-5,10-12H2,1H3,(H,26,30)(H,27,31)/t15-/m0/s1. The van der Waals surface area contributed by atoms with E-state index in [2.05, 4.69) is 15.6 Å². The number of fused-ring (bicyclic) bond motifs is 3. The second-order valence-electron chi connectivity index (χ2n) is 8.58. The maximum Gasteiger partial charge on any atom is 0.313 e. The van der Waals surface area contributed by atoms with Gasteiger partial charge in [-0.15, -0.1) is 0 Å². The van der Waals surface area contributed by atoms with Crippen molar-refractivity contribution in [3.8, 4) is 11.5 Å². The topological polar surface area (TPSA) is 112 Å². The molecule has 9 nitrogen and oxygen atoms in total. The van der Waals surface area contributed by atoms with Crippen molar-refractivity contribution in [2.24, 2.45) is 0 Å². The quantitative estimate of drug-likeness (QED) is 0.579. The number of aryl methyl sites for hydroxylation is 1. The predicted molar refractivity (Wildman–Crippen MR) is 126 cm³/mol. The monoisotopic (exact) mass is 462 g/mol. The van der Waals surface area contributed by atoms with Crippen LogP contribution in [0.15, 0.2) is 41.2 Å². The molecule has 3 heterocycles. The van der Waals surface area contributed by atoms with Crippen LogP contribution in [0.5, 0.6) is 11.5 Å². The zero-order valence-electron chi connectivity index (χ0n) is 18.9. The fourth-order valence-corrected chi connectivity index (χ4v) is 4.36. The van der Waals surface area contributed by atoms with Crippen molar-refractivity contribution in [1.82, 2.24) is 14.9 Å². The smallest absolute Gasteiger partial charge is 0.313 e. The fourth-order valence-electron chi connectivity index (χ4n) is 4.36. The van der Waals surface area contributed by atoms with Crippen molar-refractivity contribution in [3.63, 3.8) is 0 Å². The van der Waals surface area contributed by atoms with Crippen LogP contribution in [0, 0.1) is 0 Å². The van der Waals surface area contributed by atoms with Crippen LogP contribution in [0.3, 0.4) is 0 Å². The lowest BCUT2D eigenvalue weighted by Gasteiger charge is -2.21. The third-order valence-electron chi connectivity index (χ3n) is 6.19. The first-order valence-corrected chi connectivity index (χ1v) is 11.5. The Balaban J connectivity index is 1.29. The summed E-state index contributed by atoms with van der Waals surface area (Å²) in [4.78, 5) is 42.7. The van der Waals surface area contributed by atoms with E-state index in [4.69, 9.17) is 9.47 Å². The van der Waals surface area contributed by atoms with Crippen molar-refractivity contribution >= 4 is 28.4 Å². The summed E-state index contributed by atoms with van der Waals surface area (Å²) in [5, 5.41) is 5.71. The first kappa shape index (κ1) is 21.9. The molecule has 0 fully saturated rings. The Labute approximate surface area is 196 Å². The first-order valence-electron chi connectivity index (χ1n) is 11.5. The van der Waals surface area contributed by atoms with Crippen LogP contribution in [-0.2, 0) is 22.6 Å². The highest BCUT2D eigenvalue weighted by molar-refractivity contribution is 6.39. The summed E-state index contributed by atoms with van der Waals surface area (Å²) in [5.74, 6) is 0.484. The largest absolute Gasteiger partial charge is 0.486 e. The van der Waals surface area contributed by atoms with Gasteiger partial charge in [-0.05, 0) is 55.7 Å². The molecule has 2 aromatic carbocycles. The minimum absolute atomic E-state index is 0.116. The summed E-state index contributed by atoms with van der Waals surface area (Å²) in [5.41, 5.74) is 1.63. The zero-order chi connectivity index (χ0) is 23.7. The maximum absolute atomic E-state index is 13.0. The highest BCUT2D eigenvalue weighted by Crippen LogP contribution is 2.32. The Morgan fingerprint density at radius 1 is 1.00 bits per heavy atom. The van der Waals surface area contributed by atoms with Crippen LogP contribution in [0.1, 0.15) is 43.6 Å². The molecule has 0 unspecified atom stereocenters. The van der Waals surface area contributed by atoms with E-state index in [0.717, 1.165) is 37.1 Å². The van der Waals surface area contributed by atoms with Crippen LogP contribution in [0.4, 0.5) is 5.69 Å². The summed E-state index contributed by atoms with van der Waals surface area (Å²) in [6.45, 7) is 3.39. The number of aromatic nitrogens is 2. The Morgan fingerprint density at radius 2 is 1.82 bits per heavy atom. The van der Waals surface area contributed by atoms with Gasteiger partial charge in [-0.3, -0.25) is 19.0 Å². The lowest BCUT2D eigenvalue weighted by Crippen LogP contribution is -2.37. The van der Waals surface area contributed by atoms with Gasteiger partial charge in [0.15, 0.2) is 11.5 Å². The molecule has 2 amide bonds. The Kier molecular flexibility index (Phi) is 5.91. The number of nitrogens with one attached hydrogen (secondary N) is 2. The van der Waals surface area contributed by atoms with E-state index >= 15 is 0 Å². The molecule has 0 saturated heterocycles. The zero-order valence-corrected chi connectivity index (χ0v) is 18.9. The number of hydrogen-bond donors (Lipinski definition) is 2. The SMILES string of the molecule is C[C@H](NC(=O)C(=O)Nc1ccc2nc3n(c(=O)c2c1)CCCCC3)c1ccc2c(c1)OCCO2. The molecule has 2 aliphatic rings. The highest BCUT2D eigenvalue weighted by Gasteiger charge is 2.20. The van der Waals surface area contributed by atoms with Crippen LogP contribution in [0.25, 0.3) is 10.9 Å². The van der Waals surface area contributed by atoms with Crippen molar-refractivity contribution in [2.45, 2.75) is 45.2 Å². The molecule has 34 heavy (non-hydrogen) atoms. The molecule has 1 aromatic heterocycles. The van der Waals surface area contributed by atoms with Gasteiger partial charge in [0.05, 0.1) is 16.9 Å². The van der Waals surface area contributed by atoms with Gasteiger partial charge in [0.1, 0.15) is 19.0 Å². The van der Waals surface area contributed by atoms with Crippen molar-refractivity contribution < 1.29 is 19.1 Å². The van der Waals surface area contributed by atoms with Gasteiger partial charge in [0.25, 0.3) is 5.56 Å². The number of anilines is 1. The van der Waals surface area contributed by atoms with E-state index in [9.17, 15) is 14.4 Å². The molecule has 0 saturated carbocycles. The number of carbonyl (C=O) groups excluding carboxylic acids is 2. The van der Waals surface area contributed by atoms with Gasteiger partial charge in [-0.1, -0.05) is 12.5 Å². The van der Waals surface area contributed by atoms with Crippen molar-refractivity contribution in [2.75, 3.05) is 18.5 Å². The molecule has 9 heteroatoms. The second-order valence-corrected chi connectivity index (χ2v) is 8.58. The summed E-state index contributed by atoms with van der Waals surface area (Å²) in [6.07, 6.45) is 3.82. The van der Waals surface area contributed by atoms with E-state index in [0.29, 0.717) is 47.8 Å². The number of benzene rings is 2. The Bertz CT molecular complexity index is 1330. The molecule has 0 spiro atoms. The first-order chi connectivity index (χ1) is 16.5. The third kappa shape index (κ3) is 4.33. The molecule has 176 valence electrons. The maximum atomic E-state index is 13.0. The molecule has 0 bridgehead atoms. The normalized spacial score (nSPS) is 15.7. The van der Waals surface area contributed by atoms with Gasteiger partial charge in [-0.25, -0.2) is 4.98 Å². The van der Waals surface area contributed by atoms with Gasteiger partial charge < -0.3 is 20.1 Å². The van der Waals surface area contributed by atoms with Gasteiger partial charge >= 0.3 is 11.8 Å². The number of amides is 2. The van der Waals surface area contributed by atoms with E-state index < -0.39 is 17.9 Å². The van der Waals surface area contributed by atoms with E-state index in [-0.39, 0.29) is 5.56 Å². The molecule has 3 aromatic rings. The molecule has 0 radical (unpaired) electrons. The van der Waals surface area contributed by atoms with Gasteiger partial charge in [-0.2, -0.15) is 0 Å². The lowest BCUT2D eigenvalue weighted by molar-refractivity contribution is -0.136. The van der Waals surface area contributed by atoms with Gasteiger partial charge in [0, 0.05) is 18.7 Å². The van der Waals surface area contributed by atoms with Gasteiger partial charge in [0.2, 0.25) is 0 Å². The lowest BCUT2D eigenvalue weighted by atomic mass is 10.1. The average Bonchev–Trinajstić information content (AvgIpc) is 3.10. The second kappa shape index (κ2) is 9.17. The number of carbonyl (C=O) groups is 2. The predicted octanol–water partition coefficient (Wildman–Crippen LogP) is 2.71. The molecule has 2 aliphatic heterocycles. The minimum atomic E-state index is -0.813. The minimum Gasteiger partial charge on any atom is -0.486 e. The Hall–Kier alpha value is -3.88. The molecule has 0 aliphatic carbocycles. The molecular weight excluding hydrogens is 436 g/mol. The molecule has 2 N–H and O–H groups in total. The number of rotatable bonds is 3. The molecular formula is C25H26N4O5. The van der Waals surface area contributed by atoms with E-state index in [1.807, 2.05) is 6.07 Å². The number of hydrogen-bond acceptors (Lipinski definition) is 6. The highest BCUT2D eigenvalue weighted by atomic mass is 16.6. The average molecular weight is 463 g/mol. The summed E-state index contributed by atoms with van der Waals surface area (Å²) >= 11 is 0. The van der Waals surface area contributed by atoms with Crippen molar-refractivity contribution in [3.05, 3.63) is 58.1 Å². The summed E-state index contributed by atoms with van der Waals surface area (Å²) in [7, 11) is 0. The number of ether oxygens (including phenoxy) is 2. The van der Waals surface area contributed by atoms with E-state index in [1.165, 1.54) is 0 Å². The van der Waals surface area contributed by atoms with E-state index in [1.54, 1.807) is 41.8 Å². The molecule has 1 atom stereocenters. The van der Waals surface area contributed by atoms with Crippen LogP contribution < -0.4 is 25.7 Å². The third-order valence-corrected chi connectivity index (χ3v) is 6.19. The Morgan fingerprint density at radius 3 is 2.68 bits per heavy atom. The summed E-state index contributed by atoms with van der Waals surface area (Å²) in [6, 6.07) is 9.92. The van der Waals surface area contributed by atoms with Crippen molar-refractivity contribution in [1.29, 1.82) is 0 Å². The fraction of sp³-hybridized carbons (Fsp3) is 0.360. The number of nitrogens with zero attached hydrogens (tertiary/aromatic N) is 2. The van der Waals surface area contributed by atoms with Crippen LogP contribution >= 0.6 is 0 Å². The van der Waals surface area contributed by atoms with Crippen LogP contribution in [-0.4, -0.2) is 34.6 Å².